The molecule has 1 aromatic rings. The molecule has 1 aromatic heterocycles. The Bertz CT molecular complexity index is 472. The first-order valence-corrected chi connectivity index (χ1v) is 7.22. The molecule has 21 heavy (non-hydrogen) atoms. The molecule has 0 bridgehead atoms. The molecule has 0 aliphatic carbocycles. The van der Waals surface area contributed by atoms with Crippen LogP contribution in [0.25, 0.3) is 0 Å². The van der Waals surface area contributed by atoms with Crippen molar-refractivity contribution in [3.05, 3.63) is 30.1 Å². The highest BCUT2D eigenvalue weighted by molar-refractivity contribution is 5.99. The SMILES string of the molecule is CCOC(=O)C(CCc1ccncc1)(CC(C)C)C(=O)O. The maximum Gasteiger partial charge on any atom is 0.323 e. The number of rotatable bonds is 8. The highest BCUT2D eigenvalue weighted by Gasteiger charge is 2.47. The van der Waals surface area contributed by atoms with Gasteiger partial charge in [0.15, 0.2) is 5.41 Å². The van der Waals surface area contributed by atoms with Gasteiger partial charge in [-0.05, 0) is 49.8 Å². The molecule has 1 unspecified atom stereocenters. The van der Waals surface area contributed by atoms with Gasteiger partial charge in [-0.3, -0.25) is 14.6 Å². The Balaban J connectivity index is 2.98. The Morgan fingerprint density at radius 3 is 2.43 bits per heavy atom. The zero-order valence-corrected chi connectivity index (χ0v) is 12.8. The van der Waals surface area contributed by atoms with E-state index >= 15 is 0 Å². The third kappa shape index (κ3) is 4.55. The van der Waals surface area contributed by atoms with Gasteiger partial charge in [-0.1, -0.05) is 13.8 Å². The Kier molecular flexibility index (Phi) is 6.34. The van der Waals surface area contributed by atoms with Gasteiger partial charge in [0.2, 0.25) is 0 Å². The second kappa shape index (κ2) is 7.76. The highest BCUT2D eigenvalue weighted by atomic mass is 16.5. The largest absolute Gasteiger partial charge is 0.480 e. The Labute approximate surface area is 125 Å². The van der Waals surface area contributed by atoms with Crippen molar-refractivity contribution in [1.82, 2.24) is 4.98 Å². The first-order chi connectivity index (χ1) is 9.92. The summed E-state index contributed by atoms with van der Waals surface area (Å²) < 4.78 is 5.03. The van der Waals surface area contributed by atoms with E-state index in [-0.39, 0.29) is 25.4 Å². The lowest BCUT2D eigenvalue weighted by Gasteiger charge is -2.28. The summed E-state index contributed by atoms with van der Waals surface area (Å²) in [5.41, 5.74) is -0.517. The fourth-order valence-corrected chi connectivity index (χ4v) is 2.44. The van der Waals surface area contributed by atoms with Crippen molar-refractivity contribution in [3.8, 4) is 0 Å². The summed E-state index contributed by atoms with van der Waals surface area (Å²) in [6, 6.07) is 3.65. The number of pyridine rings is 1. The summed E-state index contributed by atoms with van der Waals surface area (Å²) in [7, 11) is 0. The minimum absolute atomic E-state index is 0.0861. The van der Waals surface area contributed by atoms with E-state index in [2.05, 4.69) is 4.98 Å². The average molecular weight is 293 g/mol. The highest BCUT2D eigenvalue weighted by Crippen LogP contribution is 2.34. The number of hydrogen-bond acceptors (Lipinski definition) is 4. The molecular formula is C16H23NO4. The monoisotopic (exact) mass is 293 g/mol. The van der Waals surface area contributed by atoms with E-state index < -0.39 is 17.4 Å². The summed E-state index contributed by atoms with van der Waals surface area (Å²) in [5, 5.41) is 9.63. The maximum atomic E-state index is 12.2. The third-order valence-corrected chi connectivity index (χ3v) is 3.42. The van der Waals surface area contributed by atoms with Gasteiger partial charge >= 0.3 is 11.9 Å². The number of nitrogens with zero attached hydrogens (tertiary/aromatic N) is 1. The van der Waals surface area contributed by atoms with Crippen LogP contribution in [0.15, 0.2) is 24.5 Å². The van der Waals surface area contributed by atoms with E-state index in [1.807, 2.05) is 26.0 Å². The molecule has 0 aliphatic rings. The Morgan fingerprint density at radius 1 is 1.33 bits per heavy atom. The van der Waals surface area contributed by atoms with E-state index in [1.165, 1.54) is 0 Å². The Hall–Kier alpha value is -1.91. The fourth-order valence-electron chi connectivity index (χ4n) is 2.44. The standard InChI is InChI=1S/C16H23NO4/c1-4-21-15(20)16(14(18)19,11-12(2)3)8-5-13-6-9-17-10-7-13/h6-7,9-10,12H,4-5,8,11H2,1-3H3,(H,18,19). The molecular weight excluding hydrogens is 270 g/mol. The number of carboxylic acids is 1. The number of carbonyl (C=O) groups excluding carboxylic acids is 1. The Morgan fingerprint density at radius 2 is 1.95 bits per heavy atom. The minimum Gasteiger partial charge on any atom is -0.480 e. The normalized spacial score (nSPS) is 13.7. The van der Waals surface area contributed by atoms with Crippen molar-refractivity contribution in [2.75, 3.05) is 6.61 Å². The van der Waals surface area contributed by atoms with Gasteiger partial charge in [0, 0.05) is 12.4 Å². The maximum absolute atomic E-state index is 12.2. The van der Waals surface area contributed by atoms with Crippen LogP contribution in [0.2, 0.25) is 0 Å². The summed E-state index contributed by atoms with van der Waals surface area (Å²) in [4.78, 5) is 28.0. The second-order valence-corrected chi connectivity index (χ2v) is 5.56. The zero-order valence-electron chi connectivity index (χ0n) is 12.8. The van der Waals surface area contributed by atoms with Crippen molar-refractivity contribution in [3.63, 3.8) is 0 Å². The number of ether oxygens (including phenoxy) is 1. The molecule has 5 heteroatoms. The quantitative estimate of drug-likeness (QED) is 0.589. The first kappa shape index (κ1) is 17.1. The molecule has 0 amide bonds. The number of carbonyl (C=O) groups is 2. The van der Waals surface area contributed by atoms with Crippen molar-refractivity contribution in [2.24, 2.45) is 11.3 Å². The molecule has 1 rings (SSSR count). The van der Waals surface area contributed by atoms with Crippen LogP contribution in [0.4, 0.5) is 0 Å². The summed E-state index contributed by atoms with van der Waals surface area (Å²) in [6.45, 7) is 5.68. The predicted molar refractivity (Wildman–Crippen MR) is 78.7 cm³/mol. The fraction of sp³-hybridized carbons (Fsp3) is 0.562. The number of hydrogen-bond donors (Lipinski definition) is 1. The van der Waals surface area contributed by atoms with Crippen LogP contribution in [0.3, 0.4) is 0 Å². The third-order valence-electron chi connectivity index (χ3n) is 3.42. The predicted octanol–water partition coefficient (Wildman–Crippen LogP) is 2.69. The molecule has 0 aliphatic heterocycles. The molecule has 0 saturated carbocycles. The number of aryl methyl sites for hydroxylation is 1. The second-order valence-electron chi connectivity index (χ2n) is 5.56. The lowest BCUT2D eigenvalue weighted by atomic mass is 9.75. The topological polar surface area (TPSA) is 76.5 Å². The van der Waals surface area contributed by atoms with Gasteiger partial charge in [-0.2, -0.15) is 0 Å². The molecule has 116 valence electrons. The molecule has 0 saturated heterocycles. The van der Waals surface area contributed by atoms with Crippen LogP contribution in [0, 0.1) is 11.3 Å². The lowest BCUT2D eigenvalue weighted by Crippen LogP contribution is -2.42. The zero-order chi connectivity index (χ0) is 15.9. The summed E-state index contributed by atoms with van der Waals surface area (Å²) >= 11 is 0. The van der Waals surface area contributed by atoms with E-state index in [0.29, 0.717) is 6.42 Å². The lowest BCUT2D eigenvalue weighted by molar-refractivity contribution is -0.170. The molecule has 5 nitrogen and oxygen atoms in total. The van der Waals surface area contributed by atoms with Crippen molar-refractivity contribution in [2.45, 2.75) is 40.0 Å². The summed E-state index contributed by atoms with van der Waals surface area (Å²) in [5.74, 6) is -1.66. The molecule has 1 atom stereocenters. The first-order valence-electron chi connectivity index (χ1n) is 7.22. The van der Waals surface area contributed by atoms with Crippen LogP contribution in [-0.4, -0.2) is 28.6 Å². The van der Waals surface area contributed by atoms with Gasteiger partial charge in [0.05, 0.1) is 6.61 Å². The van der Waals surface area contributed by atoms with Gasteiger partial charge in [0.1, 0.15) is 0 Å². The van der Waals surface area contributed by atoms with Gasteiger partial charge < -0.3 is 9.84 Å². The molecule has 0 aromatic carbocycles. The molecule has 1 heterocycles. The van der Waals surface area contributed by atoms with E-state index in [1.54, 1.807) is 19.3 Å². The number of aliphatic carboxylic acids is 1. The van der Waals surface area contributed by atoms with E-state index in [0.717, 1.165) is 5.56 Å². The molecule has 0 radical (unpaired) electrons. The number of aromatic nitrogens is 1. The number of esters is 1. The van der Waals surface area contributed by atoms with E-state index in [4.69, 9.17) is 4.74 Å². The van der Waals surface area contributed by atoms with Gasteiger partial charge in [0.25, 0.3) is 0 Å². The van der Waals surface area contributed by atoms with Gasteiger partial charge in [-0.25, -0.2) is 0 Å². The van der Waals surface area contributed by atoms with Crippen molar-refractivity contribution < 1.29 is 19.4 Å². The van der Waals surface area contributed by atoms with Crippen LogP contribution in [-0.2, 0) is 20.7 Å². The average Bonchev–Trinajstić information content (AvgIpc) is 2.44. The number of carboxylic acid groups (broad SMARTS) is 1. The van der Waals surface area contributed by atoms with Gasteiger partial charge in [-0.15, -0.1) is 0 Å². The smallest absolute Gasteiger partial charge is 0.323 e. The van der Waals surface area contributed by atoms with Crippen LogP contribution < -0.4 is 0 Å². The van der Waals surface area contributed by atoms with Crippen LogP contribution in [0.5, 0.6) is 0 Å². The van der Waals surface area contributed by atoms with Crippen molar-refractivity contribution in [1.29, 1.82) is 0 Å². The molecule has 0 spiro atoms. The molecule has 0 fully saturated rings. The minimum atomic E-state index is -1.48. The molecule has 1 N–H and O–H groups in total. The van der Waals surface area contributed by atoms with Crippen molar-refractivity contribution >= 4 is 11.9 Å². The van der Waals surface area contributed by atoms with E-state index in [9.17, 15) is 14.7 Å². The summed E-state index contributed by atoms with van der Waals surface area (Å²) in [6.07, 6.45) is 4.31. The van der Waals surface area contributed by atoms with Crippen LogP contribution >= 0.6 is 0 Å². The van der Waals surface area contributed by atoms with Crippen LogP contribution in [0.1, 0.15) is 39.2 Å².